The standard InChI is InChI=1S/C31H33ClF4N6O2S/c1-3-26(43)40-10-11-41(18(2)14-40)30-22-13-23(32)27(21-5-4-19(33)12-24(21)34)29-28(22)42(31(44)37-30)20(17-45-29)15-38-6-8-39(9-7-38)16-25(35)36/h3-5,12-13,18,20,25H,1,6-11,14-17H2,2H3/t18-,20+/m0/s1. The number of carbonyl (C=O) groups is 1. The predicted molar refractivity (Wildman–Crippen MR) is 169 cm³/mol. The fraction of sp³-hybridized carbons (Fsp3) is 0.452. The van der Waals surface area contributed by atoms with Crippen LogP contribution >= 0.6 is 23.4 Å². The number of benzene rings is 2. The molecule has 1 aromatic heterocycles. The van der Waals surface area contributed by atoms with Crippen molar-refractivity contribution in [2.24, 2.45) is 0 Å². The lowest BCUT2D eigenvalue weighted by Gasteiger charge is -2.41. The fourth-order valence-corrected chi connectivity index (χ4v) is 8.29. The van der Waals surface area contributed by atoms with E-state index in [4.69, 9.17) is 11.6 Å². The molecule has 0 N–H and O–H groups in total. The van der Waals surface area contributed by atoms with E-state index in [1.807, 2.05) is 11.8 Å². The average molecular weight is 665 g/mol. The summed E-state index contributed by atoms with van der Waals surface area (Å²) in [5, 5.41) is 0.862. The normalized spacial score (nSPS) is 21.1. The third kappa shape index (κ3) is 6.19. The van der Waals surface area contributed by atoms with Crippen LogP contribution < -0.4 is 10.6 Å². The highest BCUT2D eigenvalue weighted by Gasteiger charge is 2.35. The molecule has 0 radical (unpaired) electrons. The average Bonchev–Trinajstić information content (AvgIpc) is 3.00. The summed E-state index contributed by atoms with van der Waals surface area (Å²) in [6.45, 7) is 9.20. The highest BCUT2D eigenvalue weighted by Crippen LogP contribution is 2.48. The molecule has 3 aliphatic rings. The maximum Gasteiger partial charge on any atom is 0.350 e. The van der Waals surface area contributed by atoms with Gasteiger partial charge in [0, 0.05) is 91.6 Å². The fourth-order valence-electron chi connectivity index (χ4n) is 6.61. The van der Waals surface area contributed by atoms with Crippen LogP contribution in [0.2, 0.25) is 5.02 Å². The third-order valence-electron chi connectivity index (χ3n) is 8.80. The van der Waals surface area contributed by atoms with Gasteiger partial charge in [-0.2, -0.15) is 4.98 Å². The minimum Gasteiger partial charge on any atom is -0.350 e. The number of hydrogen-bond acceptors (Lipinski definition) is 7. The Morgan fingerprint density at radius 1 is 1.13 bits per heavy atom. The van der Waals surface area contributed by atoms with Crippen LogP contribution in [0, 0.1) is 11.6 Å². The van der Waals surface area contributed by atoms with Gasteiger partial charge in [-0.05, 0) is 31.2 Å². The molecule has 0 aliphatic carbocycles. The molecule has 8 nitrogen and oxygen atoms in total. The van der Waals surface area contributed by atoms with Gasteiger partial charge in [0.15, 0.2) is 0 Å². The Kier molecular flexibility index (Phi) is 9.15. The summed E-state index contributed by atoms with van der Waals surface area (Å²) < 4.78 is 56.5. The Labute approximate surface area is 267 Å². The van der Waals surface area contributed by atoms with Crippen molar-refractivity contribution < 1.29 is 22.4 Å². The monoisotopic (exact) mass is 664 g/mol. The number of thioether (sulfide) groups is 1. The van der Waals surface area contributed by atoms with Crippen molar-refractivity contribution in [1.29, 1.82) is 0 Å². The van der Waals surface area contributed by atoms with E-state index >= 15 is 4.39 Å². The molecule has 0 spiro atoms. The van der Waals surface area contributed by atoms with Crippen LogP contribution in [-0.2, 0) is 4.79 Å². The van der Waals surface area contributed by atoms with E-state index in [0.29, 0.717) is 85.3 Å². The van der Waals surface area contributed by atoms with Crippen molar-refractivity contribution in [2.45, 2.75) is 30.3 Å². The first-order chi connectivity index (χ1) is 21.5. The molecule has 3 aliphatic heterocycles. The molecule has 0 unspecified atom stereocenters. The topological polar surface area (TPSA) is 64.9 Å². The number of hydrogen-bond donors (Lipinski definition) is 0. The van der Waals surface area contributed by atoms with Gasteiger partial charge in [-0.1, -0.05) is 18.2 Å². The van der Waals surface area contributed by atoms with E-state index in [-0.39, 0.29) is 35.1 Å². The summed E-state index contributed by atoms with van der Waals surface area (Å²) >= 11 is 8.34. The Morgan fingerprint density at radius 3 is 2.53 bits per heavy atom. The molecule has 3 aromatic rings. The number of aromatic nitrogens is 2. The largest absolute Gasteiger partial charge is 0.350 e. The zero-order valence-corrected chi connectivity index (χ0v) is 26.3. The summed E-state index contributed by atoms with van der Waals surface area (Å²) in [6.07, 6.45) is -1.11. The van der Waals surface area contributed by atoms with Gasteiger partial charge in [-0.15, -0.1) is 11.8 Å². The van der Waals surface area contributed by atoms with Crippen LogP contribution in [0.25, 0.3) is 22.0 Å². The number of carbonyl (C=O) groups excluding carboxylic acids is 1. The minimum absolute atomic E-state index is 0.127. The van der Waals surface area contributed by atoms with Crippen LogP contribution in [0.1, 0.15) is 13.0 Å². The van der Waals surface area contributed by atoms with Crippen molar-refractivity contribution >= 4 is 46.0 Å². The number of amides is 1. The summed E-state index contributed by atoms with van der Waals surface area (Å²) in [4.78, 5) is 39.0. The van der Waals surface area contributed by atoms with Crippen molar-refractivity contribution in [3.05, 3.63) is 64.1 Å². The first-order valence-electron chi connectivity index (χ1n) is 14.8. The van der Waals surface area contributed by atoms with Gasteiger partial charge >= 0.3 is 5.69 Å². The van der Waals surface area contributed by atoms with E-state index in [1.165, 1.54) is 30.0 Å². The lowest BCUT2D eigenvalue weighted by molar-refractivity contribution is -0.126. The zero-order chi connectivity index (χ0) is 32.0. The lowest BCUT2D eigenvalue weighted by atomic mass is 10.0. The van der Waals surface area contributed by atoms with Crippen LogP contribution in [0.4, 0.5) is 23.4 Å². The maximum atomic E-state index is 15.2. The van der Waals surface area contributed by atoms with Crippen LogP contribution in [0.3, 0.4) is 0 Å². The maximum absolute atomic E-state index is 15.2. The molecule has 240 valence electrons. The van der Waals surface area contributed by atoms with Gasteiger partial charge in [-0.3, -0.25) is 19.2 Å². The number of alkyl halides is 2. The molecule has 4 heterocycles. The van der Waals surface area contributed by atoms with E-state index in [2.05, 4.69) is 16.5 Å². The highest BCUT2D eigenvalue weighted by molar-refractivity contribution is 7.99. The molecule has 2 saturated heterocycles. The second-order valence-electron chi connectivity index (χ2n) is 11.7. The number of anilines is 1. The molecule has 1 amide bonds. The van der Waals surface area contributed by atoms with Crippen LogP contribution in [-0.4, -0.2) is 107 Å². The van der Waals surface area contributed by atoms with Gasteiger partial charge in [0.05, 0.1) is 23.1 Å². The Hall–Kier alpha value is -3.13. The first-order valence-corrected chi connectivity index (χ1v) is 16.2. The van der Waals surface area contributed by atoms with E-state index in [1.54, 1.807) is 20.4 Å². The zero-order valence-electron chi connectivity index (χ0n) is 24.7. The van der Waals surface area contributed by atoms with Crippen LogP contribution in [0.15, 0.2) is 46.6 Å². The smallest absolute Gasteiger partial charge is 0.350 e. The highest BCUT2D eigenvalue weighted by atomic mass is 35.5. The van der Waals surface area contributed by atoms with Gasteiger partial charge in [0.1, 0.15) is 17.5 Å². The summed E-state index contributed by atoms with van der Waals surface area (Å²) in [6, 6.07) is 4.54. The van der Waals surface area contributed by atoms with Gasteiger partial charge in [0.25, 0.3) is 6.43 Å². The van der Waals surface area contributed by atoms with E-state index < -0.39 is 23.7 Å². The van der Waals surface area contributed by atoms with Gasteiger partial charge in [-0.25, -0.2) is 22.4 Å². The molecule has 6 rings (SSSR count). The SMILES string of the molecule is C=CC(=O)N1CCN(c2nc(=O)n3c4c(c(-c5ccc(F)cc5F)c(Cl)cc24)SC[C@H]3CN2CCN(CC(F)F)CC2)[C@@H](C)C1. The molecule has 2 aromatic carbocycles. The molecule has 0 bridgehead atoms. The number of rotatable bonds is 7. The molecule has 45 heavy (non-hydrogen) atoms. The molecule has 2 fully saturated rings. The van der Waals surface area contributed by atoms with Crippen LogP contribution in [0.5, 0.6) is 0 Å². The summed E-state index contributed by atoms with van der Waals surface area (Å²) in [5.41, 5.74) is 0.611. The van der Waals surface area contributed by atoms with Crippen molar-refractivity contribution in [3.63, 3.8) is 0 Å². The Bertz CT molecular complexity index is 1700. The van der Waals surface area contributed by atoms with E-state index in [9.17, 15) is 22.8 Å². The number of nitrogens with zero attached hydrogens (tertiary/aromatic N) is 6. The molecule has 14 heteroatoms. The first kappa shape index (κ1) is 31.8. The van der Waals surface area contributed by atoms with E-state index in [0.717, 1.165) is 6.07 Å². The van der Waals surface area contributed by atoms with Gasteiger partial charge in [0.2, 0.25) is 5.91 Å². The lowest BCUT2D eigenvalue weighted by Crippen LogP contribution is -2.54. The second-order valence-corrected chi connectivity index (χ2v) is 13.1. The predicted octanol–water partition coefficient (Wildman–Crippen LogP) is 4.75. The minimum atomic E-state index is -2.39. The summed E-state index contributed by atoms with van der Waals surface area (Å²) in [5.74, 6) is -0.753. The number of piperazine rings is 2. The van der Waals surface area contributed by atoms with Gasteiger partial charge < -0.3 is 9.80 Å². The Morgan fingerprint density at radius 2 is 1.87 bits per heavy atom. The molecule has 2 atom stereocenters. The van der Waals surface area contributed by atoms with Crippen molar-refractivity contribution in [3.8, 4) is 11.1 Å². The molecule has 0 saturated carbocycles. The number of halogens is 5. The second kappa shape index (κ2) is 12.9. The third-order valence-corrected chi connectivity index (χ3v) is 10.3. The molecular weight excluding hydrogens is 632 g/mol. The van der Waals surface area contributed by atoms with Crippen molar-refractivity contribution in [1.82, 2.24) is 24.3 Å². The Balaban J connectivity index is 1.44. The van der Waals surface area contributed by atoms with Crippen molar-refractivity contribution in [2.75, 3.05) is 69.6 Å². The quantitative estimate of drug-likeness (QED) is 0.267. The molecular formula is C31H33ClF4N6O2S. The summed E-state index contributed by atoms with van der Waals surface area (Å²) in [7, 11) is 0.